The second-order valence-electron chi connectivity index (χ2n) is 6.03. The molecule has 1 atom stereocenters. The zero-order valence-corrected chi connectivity index (χ0v) is 12.0. The average Bonchev–Trinajstić information content (AvgIpc) is 2.71. The Labute approximate surface area is 117 Å². The van der Waals surface area contributed by atoms with Gasteiger partial charge in [-0.1, -0.05) is 6.07 Å². The van der Waals surface area contributed by atoms with Crippen LogP contribution in [0.15, 0.2) is 24.4 Å². The van der Waals surface area contributed by atoms with E-state index in [1.54, 1.807) is 18.3 Å². The minimum Gasteiger partial charge on any atom is -0.361 e. The van der Waals surface area contributed by atoms with Gasteiger partial charge in [0.2, 0.25) is 5.91 Å². The Morgan fingerprint density at radius 1 is 1.45 bits per heavy atom. The molecule has 108 valence electrons. The third-order valence-corrected chi connectivity index (χ3v) is 3.01. The molecule has 5 heteroatoms. The van der Waals surface area contributed by atoms with E-state index >= 15 is 0 Å². The molecule has 0 aliphatic carbocycles. The summed E-state index contributed by atoms with van der Waals surface area (Å²) in [6.07, 6.45) is 2.00. The summed E-state index contributed by atoms with van der Waals surface area (Å²) < 4.78 is 13.8. The SMILES string of the molecule is CC(C)(C)NC(=O)C(N)Cc1c[nH]c2cccc(F)c12. The van der Waals surface area contributed by atoms with Crippen LogP contribution in [0.1, 0.15) is 26.3 Å². The number of carbonyl (C=O) groups is 1. The molecule has 1 amide bonds. The Morgan fingerprint density at radius 3 is 2.80 bits per heavy atom. The van der Waals surface area contributed by atoms with E-state index in [0.717, 1.165) is 5.56 Å². The number of benzene rings is 1. The van der Waals surface area contributed by atoms with Crippen molar-refractivity contribution in [1.82, 2.24) is 10.3 Å². The van der Waals surface area contributed by atoms with E-state index in [1.165, 1.54) is 6.07 Å². The Morgan fingerprint density at radius 2 is 2.15 bits per heavy atom. The van der Waals surface area contributed by atoms with E-state index in [1.807, 2.05) is 20.8 Å². The number of aromatic amines is 1. The zero-order chi connectivity index (χ0) is 14.9. The summed E-state index contributed by atoms with van der Waals surface area (Å²) in [6, 6.07) is 4.14. The molecular weight excluding hydrogens is 257 g/mol. The molecule has 0 fully saturated rings. The fourth-order valence-corrected chi connectivity index (χ4v) is 2.16. The molecule has 1 aromatic carbocycles. The number of amides is 1. The number of fused-ring (bicyclic) bond motifs is 1. The molecule has 0 saturated carbocycles. The number of nitrogens with two attached hydrogens (primary N) is 1. The first-order valence-corrected chi connectivity index (χ1v) is 6.60. The van der Waals surface area contributed by atoms with Crippen LogP contribution in [0.5, 0.6) is 0 Å². The van der Waals surface area contributed by atoms with Crippen LogP contribution in [0, 0.1) is 5.82 Å². The van der Waals surface area contributed by atoms with Crippen LogP contribution in [-0.4, -0.2) is 22.5 Å². The summed E-state index contributed by atoms with van der Waals surface area (Å²) in [7, 11) is 0. The summed E-state index contributed by atoms with van der Waals surface area (Å²) in [6.45, 7) is 5.68. The molecule has 20 heavy (non-hydrogen) atoms. The summed E-state index contributed by atoms with van der Waals surface area (Å²) in [5.74, 6) is -0.537. The van der Waals surface area contributed by atoms with Crippen LogP contribution >= 0.6 is 0 Å². The highest BCUT2D eigenvalue weighted by molar-refractivity contribution is 5.86. The number of carbonyl (C=O) groups excluding carboxylic acids is 1. The highest BCUT2D eigenvalue weighted by Crippen LogP contribution is 2.22. The Kier molecular flexibility index (Phi) is 3.81. The molecule has 1 unspecified atom stereocenters. The van der Waals surface area contributed by atoms with Crippen molar-refractivity contribution in [3.05, 3.63) is 35.8 Å². The predicted octanol–water partition coefficient (Wildman–Crippen LogP) is 2.09. The third kappa shape index (κ3) is 3.17. The van der Waals surface area contributed by atoms with Crippen molar-refractivity contribution >= 4 is 16.8 Å². The van der Waals surface area contributed by atoms with Gasteiger partial charge in [0.05, 0.1) is 6.04 Å². The molecule has 2 aromatic rings. The molecule has 4 nitrogen and oxygen atoms in total. The fourth-order valence-electron chi connectivity index (χ4n) is 2.16. The number of nitrogens with one attached hydrogen (secondary N) is 2. The molecule has 1 aromatic heterocycles. The van der Waals surface area contributed by atoms with E-state index < -0.39 is 6.04 Å². The molecule has 0 bridgehead atoms. The highest BCUT2D eigenvalue weighted by atomic mass is 19.1. The van der Waals surface area contributed by atoms with Gasteiger partial charge in [-0.05, 0) is 44.9 Å². The molecule has 4 N–H and O–H groups in total. The molecule has 0 aliphatic rings. The van der Waals surface area contributed by atoms with Gasteiger partial charge in [-0.15, -0.1) is 0 Å². The lowest BCUT2D eigenvalue weighted by Gasteiger charge is -2.23. The smallest absolute Gasteiger partial charge is 0.237 e. The first-order chi connectivity index (χ1) is 9.28. The first kappa shape index (κ1) is 14.5. The number of aromatic nitrogens is 1. The van der Waals surface area contributed by atoms with Crippen molar-refractivity contribution in [3.63, 3.8) is 0 Å². The van der Waals surface area contributed by atoms with E-state index in [-0.39, 0.29) is 17.3 Å². The van der Waals surface area contributed by atoms with Gasteiger partial charge in [-0.25, -0.2) is 4.39 Å². The van der Waals surface area contributed by atoms with Gasteiger partial charge < -0.3 is 16.0 Å². The molecule has 1 heterocycles. The lowest BCUT2D eigenvalue weighted by molar-refractivity contribution is -0.123. The van der Waals surface area contributed by atoms with Gasteiger partial charge in [-0.3, -0.25) is 4.79 Å². The topological polar surface area (TPSA) is 70.9 Å². The van der Waals surface area contributed by atoms with E-state index in [4.69, 9.17) is 5.73 Å². The van der Waals surface area contributed by atoms with E-state index in [9.17, 15) is 9.18 Å². The second-order valence-corrected chi connectivity index (χ2v) is 6.03. The normalized spacial score (nSPS) is 13.4. The largest absolute Gasteiger partial charge is 0.361 e. The fraction of sp³-hybridized carbons (Fsp3) is 0.400. The number of hydrogen-bond donors (Lipinski definition) is 3. The number of halogens is 1. The average molecular weight is 277 g/mol. The standard InChI is InChI=1S/C15H20FN3O/c1-15(2,3)19-14(20)11(17)7-9-8-18-12-6-4-5-10(16)13(9)12/h4-6,8,11,18H,7,17H2,1-3H3,(H,19,20). The summed E-state index contributed by atoms with van der Waals surface area (Å²) in [5.41, 5.74) is 7.00. The third-order valence-electron chi connectivity index (χ3n) is 3.01. The van der Waals surface area contributed by atoms with Crippen molar-refractivity contribution in [2.75, 3.05) is 0 Å². The van der Waals surface area contributed by atoms with Crippen LogP contribution in [0.4, 0.5) is 4.39 Å². The monoisotopic (exact) mass is 277 g/mol. The molecule has 0 radical (unpaired) electrons. The van der Waals surface area contributed by atoms with Gasteiger partial charge in [0, 0.05) is 22.6 Å². The van der Waals surface area contributed by atoms with Crippen molar-refractivity contribution < 1.29 is 9.18 Å². The highest BCUT2D eigenvalue weighted by Gasteiger charge is 2.21. The van der Waals surface area contributed by atoms with Crippen LogP contribution < -0.4 is 11.1 Å². The summed E-state index contributed by atoms with van der Waals surface area (Å²) in [5, 5.41) is 3.33. The maximum Gasteiger partial charge on any atom is 0.237 e. The molecular formula is C15H20FN3O. The van der Waals surface area contributed by atoms with Crippen molar-refractivity contribution in [3.8, 4) is 0 Å². The Balaban J connectivity index is 2.18. The Bertz CT molecular complexity index is 628. The van der Waals surface area contributed by atoms with Crippen LogP contribution in [-0.2, 0) is 11.2 Å². The number of H-pyrrole nitrogens is 1. The van der Waals surface area contributed by atoms with Crippen LogP contribution in [0.25, 0.3) is 10.9 Å². The summed E-state index contributed by atoms with van der Waals surface area (Å²) in [4.78, 5) is 15.0. The minimum absolute atomic E-state index is 0.233. The zero-order valence-electron chi connectivity index (χ0n) is 12.0. The van der Waals surface area contributed by atoms with Gasteiger partial charge in [-0.2, -0.15) is 0 Å². The molecule has 0 saturated heterocycles. The maximum absolute atomic E-state index is 13.8. The van der Waals surface area contributed by atoms with Crippen molar-refractivity contribution in [2.24, 2.45) is 5.73 Å². The van der Waals surface area contributed by atoms with Crippen molar-refractivity contribution in [1.29, 1.82) is 0 Å². The Hall–Kier alpha value is -1.88. The van der Waals surface area contributed by atoms with Crippen LogP contribution in [0.3, 0.4) is 0 Å². The maximum atomic E-state index is 13.8. The van der Waals surface area contributed by atoms with E-state index in [0.29, 0.717) is 17.3 Å². The van der Waals surface area contributed by atoms with E-state index in [2.05, 4.69) is 10.3 Å². The van der Waals surface area contributed by atoms with Crippen LogP contribution in [0.2, 0.25) is 0 Å². The second kappa shape index (κ2) is 5.25. The minimum atomic E-state index is -0.701. The quantitative estimate of drug-likeness (QED) is 0.804. The molecule has 0 spiro atoms. The van der Waals surface area contributed by atoms with Gasteiger partial charge >= 0.3 is 0 Å². The van der Waals surface area contributed by atoms with Gasteiger partial charge in [0.15, 0.2) is 0 Å². The predicted molar refractivity (Wildman–Crippen MR) is 77.8 cm³/mol. The lowest BCUT2D eigenvalue weighted by atomic mass is 10.0. The number of hydrogen-bond acceptors (Lipinski definition) is 2. The summed E-state index contributed by atoms with van der Waals surface area (Å²) >= 11 is 0. The number of rotatable bonds is 3. The van der Waals surface area contributed by atoms with Gasteiger partial charge in [0.25, 0.3) is 0 Å². The molecule has 2 rings (SSSR count). The molecule has 0 aliphatic heterocycles. The lowest BCUT2D eigenvalue weighted by Crippen LogP contribution is -2.49. The first-order valence-electron chi connectivity index (χ1n) is 6.60. The van der Waals surface area contributed by atoms with Gasteiger partial charge in [0.1, 0.15) is 5.82 Å². The van der Waals surface area contributed by atoms with Crippen molar-refractivity contribution in [2.45, 2.75) is 38.8 Å².